The lowest BCUT2D eigenvalue weighted by Crippen LogP contribution is -2.46. The van der Waals surface area contributed by atoms with Gasteiger partial charge >= 0.3 is 6.03 Å². The van der Waals surface area contributed by atoms with Gasteiger partial charge in [0.25, 0.3) is 0 Å². The molecule has 0 bridgehead atoms. The number of hydrogen-bond acceptors (Lipinski definition) is 7. The van der Waals surface area contributed by atoms with Gasteiger partial charge in [0.1, 0.15) is 0 Å². The highest BCUT2D eigenvalue weighted by atomic mass is 16.5. The van der Waals surface area contributed by atoms with Crippen LogP contribution >= 0.6 is 0 Å². The van der Waals surface area contributed by atoms with Gasteiger partial charge < -0.3 is 19.3 Å². The zero-order valence-electron chi connectivity index (χ0n) is 14.0. The van der Waals surface area contributed by atoms with E-state index in [9.17, 15) is 4.79 Å². The number of carbonyl (C=O) groups is 1. The fourth-order valence-corrected chi connectivity index (χ4v) is 2.93. The Morgan fingerprint density at radius 1 is 1.29 bits per heavy atom. The first-order chi connectivity index (χ1) is 11.6. The molecule has 0 saturated carbocycles. The Morgan fingerprint density at radius 3 is 2.88 bits per heavy atom. The van der Waals surface area contributed by atoms with Gasteiger partial charge in [-0.15, -0.1) is 0 Å². The number of hydrogen-bond donors (Lipinski definition) is 1. The average molecular weight is 334 g/mol. The van der Waals surface area contributed by atoms with Crippen LogP contribution in [0.5, 0.6) is 0 Å². The van der Waals surface area contributed by atoms with Crippen LogP contribution in [0.3, 0.4) is 0 Å². The first-order valence-corrected chi connectivity index (χ1v) is 8.21. The molecule has 2 aromatic heterocycles. The molecule has 1 aliphatic rings. The van der Waals surface area contributed by atoms with Crippen LogP contribution in [-0.4, -0.2) is 50.8 Å². The first kappa shape index (κ1) is 16.4. The molecule has 1 atom stereocenters. The number of nitrogens with zero attached hydrogens (tertiary/aromatic N) is 5. The van der Waals surface area contributed by atoms with E-state index in [0.29, 0.717) is 48.9 Å². The highest BCUT2D eigenvalue weighted by Gasteiger charge is 2.25. The maximum absolute atomic E-state index is 12.3. The molecule has 2 aromatic rings. The van der Waals surface area contributed by atoms with Crippen molar-refractivity contribution in [3.05, 3.63) is 23.4 Å². The van der Waals surface area contributed by atoms with Crippen LogP contribution in [0.15, 0.2) is 9.05 Å². The number of piperidine rings is 1. The Bertz CT molecular complexity index is 682. The topological polar surface area (TPSA) is 110 Å². The van der Waals surface area contributed by atoms with Gasteiger partial charge in [0, 0.05) is 39.4 Å². The molecule has 9 nitrogen and oxygen atoms in total. The van der Waals surface area contributed by atoms with Crippen molar-refractivity contribution in [1.29, 1.82) is 0 Å². The SMILES string of the molecule is Cc1noc(CCNC(=O)N2CCCC(Cc3noc(C)n3)C2)n1. The molecule has 1 unspecified atom stereocenters. The standard InChI is InChI=1S/C15H22N6O3/c1-10-17-14(24-19-10)5-6-16-15(22)21-7-3-4-12(9-21)8-13-18-11(2)23-20-13/h12H,3-9H2,1-2H3,(H,16,22). The molecule has 0 aliphatic carbocycles. The van der Waals surface area contributed by atoms with Gasteiger partial charge in [-0.25, -0.2) is 4.79 Å². The highest BCUT2D eigenvalue weighted by molar-refractivity contribution is 5.74. The molecule has 9 heteroatoms. The van der Waals surface area contributed by atoms with Gasteiger partial charge in [0.15, 0.2) is 11.6 Å². The van der Waals surface area contributed by atoms with E-state index in [2.05, 4.69) is 25.6 Å². The van der Waals surface area contributed by atoms with Crippen molar-refractivity contribution in [2.24, 2.45) is 5.92 Å². The number of carbonyl (C=O) groups excluding carboxylic acids is 1. The van der Waals surface area contributed by atoms with Crippen molar-refractivity contribution in [2.75, 3.05) is 19.6 Å². The monoisotopic (exact) mass is 334 g/mol. The van der Waals surface area contributed by atoms with Gasteiger partial charge in [-0.05, 0) is 25.7 Å². The van der Waals surface area contributed by atoms with E-state index in [-0.39, 0.29) is 6.03 Å². The molecule has 130 valence electrons. The van der Waals surface area contributed by atoms with E-state index < -0.39 is 0 Å². The number of rotatable bonds is 5. The summed E-state index contributed by atoms with van der Waals surface area (Å²) in [5.41, 5.74) is 0. The van der Waals surface area contributed by atoms with Crippen LogP contribution in [0.4, 0.5) is 4.79 Å². The van der Waals surface area contributed by atoms with Gasteiger partial charge in [-0.3, -0.25) is 0 Å². The third kappa shape index (κ3) is 4.30. The second-order valence-electron chi connectivity index (χ2n) is 6.11. The lowest BCUT2D eigenvalue weighted by atomic mass is 9.95. The third-order valence-electron chi connectivity index (χ3n) is 4.03. The van der Waals surface area contributed by atoms with E-state index in [1.807, 2.05) is 4.90 Å². The maximum atomic E-state index is 12.3. The molecule has 0 radical (unpaired) electrons. The minimum Gasteiger partial charge on any atom is -0.340 e. The van der Waals surface area contributed by atoms with E-state index >= 15 is 0 Å². The largest absolute Gasteiger partial charge is 0.340 e. The summed E-state index contributed by atoms with van der Waals surface area (Å²) in [7, 11) is 0. The average Bonchev–Trinajstić information content (AvgIpc) is 3.16. The van der Waals surface area contributed by atoms with E-state index in [1.165, 1.54) is 0 Å². The molecule has 1 aliphatic heterocycles. The molecule has 0 aromatic carbocycles. The highest BCUT2D eigenvalue weighted by Crippen LogP contribution is 2.19. The molecule has 1 saturated heterocycles. The zero-order chi connectivity index (χ0) is 16.9. The lowest BCUT2D eigenvalue weighted by molar-refractivity contribution is 0.164. The summed E-state index contributed by atoms with van der Waals surface area (Å²) >= 11 is 0. The summed E-state index contributed by atoms with van der Waals surface area (Å²) < 4.78 is 10.0. The lowest BCUT2D eigenvalue weighted by Gasteiger charge is -2.32. The minimum atomic E-state index is -0.0553. The number of nitrogens with one attached hydrogen (secondary N) is 1. The van der Waals surface area contributed by atoms with Crippen molar-refractivity contribution in [3.8, 4) is 0 Å². The Morgan fingerprint density at radius 2 is 2.17 bits per heavy atom. The van der Waals surface area contributed by atoms with E-state index in [0.717, 1.165) is 25.8 Å². The number of aryl methyl sites for hydroxylation is 2. The first-order valence-electron chi connectivity index (χ1n) is 8.21. The maximum Gasteiger partial charge on any atom is 0.317 e. The van der Waals surface area contributed by atoms with E-state index in [4.69, 9.17) is 9.05 Å². The Hall–Kier alpha value is -2.45. The van der Waals surface area contributed by atoms with Crippen molar-refractivity contribution >= 4 is 6.03 Å². The van der Waals surface area contributed by atoms with Crippen LogP contribution in [0.2, 0.25) is 0 Å². The molecule has 3 heterocycles. The van der Waals surface area contributed by atoms with Crippen LogP contribution < -0.4 is 5.32 Å². The summed E-state index contributed by atoms with van der Waals surface area (Å²) in [6, 6.07) is -0.0553. The second kappa shape index (κ2) is 7.41. The predicted octanol–water partition coefficient (Wildman–Crippen LogP) is 1.28. The number of amides is 2. The second-order valence-corrected chi connectivity index (χ2v) is 6.11. The predicted molar refractivity (Wildman–Crippen MR) is 83.2 cm³/mol. The van der Waals surface area contributed by atoms with Crippen molar-refractivity contribution in [2.45, 2.75) is 39.5 Å². The summed E-state index contributed by atoms with van der Waals surface area (Å²) in [6.45, 7) is 5.50. The molecular formula is C15H22N6O3. The molecule has 1 N–H and O–H groups in total. The van der Waals surface area contributed by atoms with Crippen LogP contribution in [0.25, 0.3) is 0 Å². The Kier molecular flexibility index (Phi) is 5.07. The molecular weight excluding hydrogens is 312 g/mol. The van der Waals surface area contributed by atoms with Crippen molar-refractivity contribution in [3.63, 3.8) is 0 Å². The Balaban J connectivity index is 1.44. The number of urea groups is 1. The minimum absolute atomic E-state index is 0.0553. The fourth-order valence-electron chi connectivity index (χ4n) is 2.93. The Labute approximate surface area is 139 Å². The zero-order valence-corrected chi connectivity index (χ0v) is 14.0. The summed E-state index contributed by atoms with van der Waals surface area (Å²) in [4.78, 5) is 22.5. The van der Waals surface area contributed by atoms with Gasteiger partial charge in [-0.1, -0.05) is 10.3 Å². The van der Waals surface area contributed by atoms with Gasteiger partial charge in [0.2, 0.25) is 11.8 Å². The summed E-state index contributed by atoms with van der Waals surface area (Å²) in [5, 5.41) is 10.6. The quantitative estimate of drug-likeness (QED) is 0.876. The summed E-state index contributed by atoms with van der Waals surface area (Å²) in [5.74, 6) is 2.79. The molecule has 2 amide bonds. The number of aromatic nitrogens is 4. The van der Waals surface area contributed by atoms with Crippen molar-refractivity contribution < 1.29 is 13.8 Å². The molecule has 3 rings (SSSR count). The van der Waals surface area contributed by atoms with Gasteiger partial charge in [0.05, 0.1) is 0 Å². The smallest absolute Gasteiger partial charge is 0.317 e. The van der Waals surface area contributed by atoms with Gasteiger partial charge in [-0.2, -0.15) is 9.97 Å². The molecule has 24 heavy (non-hydrogen) atoms. The fraction of sp³-hybridized carbons (Fsp3) is 0.667. The van der Waals surface area contributed by atoms with Crippen molar-refractivity contribution in [1.82, 2.24) is 30.5 Å². The van der Waals surface area contributed by atoms with Crippen LogP contribution in [0, 0.1) is 19.8 Å². The van der Waals surface area contributed by atoms with E-state index in [1.54, 1.807) is 13.8 Å². The number of likely N-dealkylation sites (tertiary alicyclic amines) is 1. The molecule has 1 fully saturated rings. The van der Waals surface area contributed by atoms with Crippen LogP contribution in [-0.2, 0) is 12.8 Å². The third-order valence-corrected chi connectivity index (χ3v) is 4.03. The summed E-state index contributed by atoms with van der Waals surface area (Å²) in [6.07, 6.45) is 3.32. The van der Waals surface area contributed by atoms with Crippen LogP contribution in [0.1, 0.15) is 36.3 Å². The molecule has 0 spiro atoms. The normalized spacial score (nSPS) is 17.9.